The minimum absolute atomic E-state index is 0.0880. The maximum atomic E-state index is 6.04. The third-order valence-electron chi connectivity index (χ3n) is 3.12. The van der Waals surface area contributed by atoms with E-state index in [-0.39, 0.29) is 6.10 Å². The smallest absolute Gasteiger partial charge is 0.165 e. The number of thioether (sulfide) groups is 1. The van der Waals surface area contributed by atoms with Crippen molar-refractivity contribution < 1.29 is 4.74 Å². The first kappa shape index (κ1) is 14.1. The van der Waals surface area contributed by atoms with Crippen LogP contribution in [-0.4, -0.2) is 15.7 Å². The predicted octanol–water partition coefficient (Wildman–Crippen LogP) is 4.69. The molecule has 1 aliphatic rings. The van der Waals surface area contributed by atoms with Gasteiger partial charge < -0.3 is 9.72 Å². The highest BCUT2D eigenvalue weighted by Crippen LogP contribution is 2.39. The van der Waals surface area contributed by atoms with Crippen molar-refractivity contribution in [3.05, 3.63) is 44.9 Å². The number of para-hydroxylation sites is 1. The number of nitrogens with zero attached hydrogens (tertiary/aromatic N) is 1. The molecule has 0 fully saturated rings. The van der Waals surface area contributed by atoms with E-state index < -0.39 is 0 Å². The number of aromatic nitrogens is 2. The summed E-state index contributed by atoms with van der Waals surface area (Å²) < 4.78 is 7.50. The molecular weight excluding hydrogens is 356 g/mol. The summed E-state index contributed by atoms with van der Waals surface area (Å²) in [7, 11) is 0. The number of fused-ring (bicyclic) bond motifs is 1. The largest absolute Gasteiger partial charge is 0.480 e. The van der Waals surface area contributed by atoms with Crippen LogP contribution in [0.15, 0.2) is 33.6 Å². The quantitative estimate of drug-likeness (QED) is 0.780. The van der Waals surface area contributed by atoms with Gasteiger partial charge in [-0.15, -0.1) is 11.8 Å². The van der Waals surface area contributed by atoms with Gasteiger partial charge in [-0.3, -0.25) is 0 Å². The van der Waals surface area contributed by atoms with Crippen LogP contribution < -0.4 is 4.74 Å². The van der Waals surface area contributed by atoms with Crippen LogP contribution in [0.3, 0.4) is 0 Å². The van der Waals surface area contributed by atoms with E-state index in [1.807, 2.05) is 18.2 Å². The van der Waals surface area contributed by atoms with E-state index in [2.05, 4.69) is 38.9 Å². The summed E-state index contributed by atoms with van der Waals surface area (Å²) in [5.74, 6) is 2.55. The molecule has 0 saturated carbocycles. The van der Waals surface area contributed by atoms with Gasteiger partial charge in [-0.1, -0.05) is 31.3 Å². The van der Waals surface area contributed by atoms with Gasteiger partial charge in [0.05, 0.1) is 4.47 Å². The van der Waals surface area contributed by atoms with Crippen LogP contribution in [0.5, 0.6) is 5.75 Å². The lowest BCUT2D eigenvalue weighted by molar-refractivity contribution is 0.209. The van der Waals surface area contributed by atoms with Gasteiger partial charge in [-0.25, -0.2) is 4.98 Å². The van der Waals surface area contributed by atoms with Gasteiger partial charge in [0.25, 0.3) is 0 Å². The lowest BCUT2D eigenvalue weighted by atomic mass is 10.3. The van der Waals surface area contributed by atoms with E-state index in [0.29, 0.717) is 4.64 Å². The Kier molecular flexibility index (Phi) is 4.14. The van der Waals surface area contributed by atoms with Gasteiger partial charge in [0.1, 0.15) is 16.2 Å². The summed E-state index contributed by atoms with van der Waals surface area (Å²) in [5, 5.41) is 0. The molecule has 3 rings (SSSR count). The monoisotopic (exact) mass is 368 g/mol. The lowest BCUT2D eigenvalue weighted by Crippen LogP contribution is -2.18. The number of H-pyrrole nitrogens is 1. The number of hydrogen-bond acceptors (Lipinski definition) is 4. The number of benzene rings is 1. The van der Waals surface area contributed by atoms with Crippen LogP contribution in [0.4, 0.5) is 0 Å². The first-order chi connectivity index (χ1) is 9.69. The number of hydrogen-bond donors (Lipinski definition) is 1. The van der Waals surface area contributed by atoms with Crippen LogP contribution >= 0.6 is 39.9 Å². The minimum atomic E-state index is -0.0880. The molecule has 1 atom stereocenters. The molecule has 1 N–H and O–H groups in total. The van der Waals surface area contributed by atoms with Crippen LogP contribution in [0.1, 0.15) is 24.5 Å². The van der Waals surface area contributed by atoms with Gasteiger partial charge in [0, 0.05) is 16.3 Å². The highest BCUT2D eigenvalue weighted by atomic mass is 79.9. The molecule has 0 bridgehead atoms. The standard InChI is InChI=1S/C14H13BrN2OS2/c1-2-8-12(15)14(19)17-13(16-8)10-7-20-11-6-4-3-5-9(11)18-10/h3-6,10H,2,7H2,1H3,(H,16,17,19). The fourth-order valence-corrected chi connectivity index (χ4v) is 3.76. The fraction of sp³-hybridized carbons (Fsp3) is 0.286. The summed E-state index contributed by atoms with van der Waals surface area (Å²) >= 11 is 10.6. The first-order valence-corrected chi connectivity index (χ1v) is 8.54. The van der Waals surface area contributed by atoms with Crippen LogP contribution in [-0.2, 0) is 6.42 Å². The maximum absolute atomic E-state index is 6.04. The lowest BCUT2D eigenvalue weighted by Gasteiger charge is -2.25. The summed E-state index contributed by atoms with van der Waals surface area (Å²) in [6.45, 7) is 2.08. The second kappa shape index (κ2) is 5.87. The highest BCUT2D eigenvalue weighted by Gasteiger charge is 2.24. The van der Waals surface area contributed by atoms with Gasteiger partial charge in [0.15, 0.2) is 6.10 Å². The molecule has 20 heavy (non-hydrogen) atoms. The molecule has 0 saturated heterocycles. The van der Waals surface area contributed by atoms with Crippen molar-refractivity contribution in [2.75, 3.05) is 5.75 Å². The molecular formula is C14H13BrN2OS2. The Morgan fingerprint density at radius 2 is 2.30 bits per heavy atom. The predicted molar refractivity (Wildman–Crippen MR) is 87.0 cm³/mol. The van der Waals surface area contributed by atoms with E-state index in [1.54, 1.807) is 11.8 Å². The molecule has 1 unspecified atom stereocenters. The van der Waals surface area contributed by atoms with Crippen molar-refractivity contribution in [1.82, 2.24) is 9.97 Å². The summed E-state index contributed by atoms with van der Waals surface area (Å²) in [4.78, 5) is 8.97. The average molecular weight is 369 g/mol. The Morgan fingerprint density at radius 3 is 3.10 bits per heavy atom. The second-order valence-electron chi connectivity index (χ2n) is 4.44. The van der Waals surface area contributed by atoms with Crippen molar-refractivity contribution in [2.45, 2.75) is 24.3 Å². The average Bonchev–Trinajstić information content (AvgIpc) is 2.49. The van der Waals surface area contributed by atoms with Crippen molar-refractivity contribution in [1.29, 1.82) is 0 Å². The second-order valence-corrected chi connectivity index (χ2v) is 6.68. The van der Waals surface area contributed by atoms with Crippen molar-refractivity contribution in [2.24, 2.45) is 0 Å². The van der Waals surface area contributed by atoms with E-state index >= 15 is 0 Å². The van der Waals surface area contributed by atoms with Crippen LogP contribution in [0.25, 0.3) is 0 Å². The van der Waals surface area contributed by atoms with E-state index in [4.69, 9.17) is 17.0 Å². The Morgan fingerprint density at radius 1 is 1.50 bits per heavy atom. The highest BCUT2D eigenvalue weighted by molar-refractivity contribution is 9.10. The van der Waals surface area contributed by atoms with Crippen molar-refractivity contribution >= 4 is 39.9 Å². The molecule has 2 heterocycles. The fourth-order valence-electron chi connectivity index (χ4n) is 2.08. The zero-order valence-electron chi connectivity index (χ0n) is 10.9. The van der Waals surface area contributed by atoms with Gasteiger partial charge in [0.2, 0.25) is 0 Å². The molecule has 104 valence electrons. The topological polar surface area (TPSA) is 37.9 Å². The number of ether oxygens (including phenoxy) is 1. The zero-order valence-corrected chi connectivity index (χ0v) is 14.1. The maximum Gasteiger partial charge on any atom is 0.165 e. The molecule has 0 aliphatic carbocycles. The van der Waals surface area contributed by atoms with E-state index in [1.165, 1.54) is 4.90 Å². The third-order valence-corrected chi connectivity index (χ3v) is 5.65. The van der Waals surface area contributed by atoms with E-state index in [9.17, 15) is 0 Å². The molecule has 0 spiro atoms. The Bertz CT molecular complexity index is 702. The Hall–Kier alpha value is -0.850. The summed E-state index contributed by atoms with van der Waals surface area (Å²) in [6.07, 6.45) is 0.783. The molecule has 1 aromatic carbocycles. The molecule has 3 nitrogen and oxygen atoms in total. The first-order valence-electron chi connectivity index (χ1n) is 6.36. The Labute approximate surface area is 135 Å². The van der Waals surface area contributed by atoms with E-state index in [0.717, 1.165) is 33.9 Å². The molecule has 0 radical (unpaired) electrons. The van der Waals surface area contributed by atoms with Gasteiger partial charge in [-0.2, -0.15) is 0 Å². The molecule has 6 heteroatoms. The Balaban J connectivity index is 1.96. The molecule has 2 aromatic rings. The van der Waals surface area contributed by atoms with Crippen molar-refractivity contribution in [3.63, 3.8) is 0 Å². The molecule has 0 amide bonds. The van der Waals surface area contributed by atoms with Gasteiger partial charge in [-0.05, 0) is 34.5 Å². The minimum Gasteiger partial charge on any atom is -0.480 e. The normalized spacial score (nSPS) is 17.4. The number of aromatic amines is 1. The van der Waals surface area contributed by atoms with Crippen molar-refractivity contribution in [3.8, 4) is 5.75 Å². The zero-order chi connectivity index (χ0) is 14.1. The number of nitrogens with one attached hydrogen (secondary N) is 1. The van der Waals surface area contributed by atoms with Gasteiger partial charge >= 0.3 is 0 Å². The van der Waals surface area contributed by atoms with Crippen LogP contribution in [0, 0.1) is 4.64 Å². The third kappa shape index (κ3) is 2.64. The number of rotatable bonds is 2. The molecule has 1 aliphatic heterocycles. The SMILES string of the molecule is CCc1[nH]c(C2CSc3ccccc3O2)nc(=S)c1Br. The van der Waals surface area contributed by atoms with Crippen LogP contribution in [0.2, 0.25) is 0 Å². The number of halogens is 1. The number of aryl methyl sites for hydroxylation is 1. The molecule has 1 aromatic heterocycles. The summed E-state index contributed by atoms with van der Waals surface area (Å²) in [6, 6.07) is 8.07. The summed E-state index contributed by atoms with van der Waals surface area (Å²) in [5.41, 5.74) is 1.06.